The molecular weight excluding hydrogens is 262 g/mol. The van der Waals surface area contributed by atoms with Gasteiger partial charge in [-0.05, 0) is 42.5 Å². The maximum absolute atomic E-state index is 11.4. The minimum absolute atomic E-state index is 0.0247. The zero-order valence-corrected chi connectivity index (χ0v) is 13.5. The molecule has 0 saturated heterocycles. The number of nitrogen functional groups attached to an aromatic ring is 1. The van der Waals surface area contributed by atoms with Crippen molar-refractivity contribution in [3.8, 4) is 0 Å². The number of amides is 1. The molecule has 0 aliphatic heterocycles. The van der Waals surface area contributed by atoms with Crippen LogP contribution in [0.3, 0.4) is 0 Å². The first-order valence-electron chi connectivity index (χ1n) is 7.34. The number of benzene rings is 1. The quantitative estimate of drug-likeness (QED) is 0.575. The van der Waals surface area contributed by atoms with Crippen molar-refractivity contribution in [3.63, 3.8) is 0 Å². The van der Waals surface area contributed by atoms with Crippen LogP contribution >= 0.6 is 0 Å². The Morgan fingerprint density at radius 1 is 1.33 bits per heavy atom. The summed E-state index contributed by atoms with van der Waals surface area (Å²) in [5.74, 6) is -0.0999. The first kappa shape index (κ1) is 17.2. The van der Waals surface area contributed by atoms with E-state index in [2.05, 4.69) is 26.1 Å². The van der Waals surface area contributed by atoms with Crippen molar-refractivity contribution < 1.29 is 4.79 Å². The standard InChI is InChI=1S/C17H27N3O/c1-12(21)20-16-11-13(17(2,3)4)10-15(19)14(16)8-6-5-7-9-18/h6,8,10-11H,5,7,9,18-19H2,1-4H3,(H,20,21)/b8-6+. The highest BCUT2D eigenvalue weighted by Gasteiger charge is 2.17. The van der Waals surface area contributed by atoms with Gasteiger partial charge in [0.1, 0.15) is 0 Å². The summed E-state index contributed by atoms with van der Waals surface area (Å²) in [6, 6.07) is 3.98. The average Bonchev–Trinajstić information content (AvgIpc) is 2.34. The van der Waals surface area contributed by atoms with Gasteiger partial charge in [0.15, 0.2) is 0 Å². The molecule has 21 heavy (non-hydrogen) atoms. The molecule has 0 radical (unpaired) electrons. The molecule has 1 aromatic carbocycles. The van der Waals surface area contributed by atoms with Crippen molar-refractivity contribution in [2.45, 2.75) is 46.0 Å². The number of anilines is 2. The van der Waals surface area contributed by atoms with E-state index < -0.39 is 0 Å². The van der Waals surface area contributed by atoms with Gasteiger partial charge >= 0.3 is 0 Å². The smallest absolute Gasteiger partial charge is 0.221 e. The van der Waals surface area contributed by atoms with Crippen LogP contribution in [-0.4, -0.2) is 12.5 Å². The van der Waals surface area contributed by atoms with E-state index in [0.717, 1.165) is 29.7 Å². The lowest BCUT2D eigenvalue weighted by molar-refractivity contribution is -0.114. The maximum Gasteiger partial charge on any atom is 0.221 e. The van der Waals surface area contributed by atoms with Crippen LogP contribution in [0.25, 0.3) is 6.08 Å². The van der Waals surface area contributed by atoms with Crippen LogP contribution < -0.4 is 16.8 Å². The monoisotopic (exact) mass is 289 g/mol. The molecule has 0 aliphatic rings. The molecule has 0 aliphatic carbocycles. The van der Waals surface area contributed by atoms with E-state index in [-0.39, 0.29) is 11.3 Å². The van der Waals surface area contributed by atoms with Crippen LogP contribution in [0.1, 0.15) is 51.7 Å². The predicted octanol–water partition coefficient (Wildman–Crippen LogP) is 3.28. The van der Waals surface area contributed by atoms with Gasteiger partial charge in [0, 0.05) is 18.2 Å². The zero-order valence-electron chi connectivity index (χ0n) is 13.5. The van der Waals surface area contributed by atoms with E-state index in [1.54, 1.807) is 0 Å². The van der Waals surface area contributed by atoms with Crippen LogP contribution in [0.2, 0.25) is 0 Å². The summed E-state index contributed by atoms with van der Waals surface area (Å²) < 4.78 is 0. The Hall–Kier alpha value is -1.81. The lowest BCUT2D eigenvalue weighted by atomic mass is 9.85. The highest BCUT2D eigenvalue weighted by Crippen LogP contribution is 2.32. The molecule has 0 unspecified atom stereocenters. The Morgan fingerprint density at radius 2 is 2.00 bits per heavy atom. The summed E-state index contributed by atoms with van der Waals surface area (Å²) >= 11 is 0. The molecule has 116 valence electrons. The predicted molar refractivity (Wildman–Crippen MR) is 91.2 cm³/mol. The number of carbonyl (C=O) groups is 1. The number of unbranched alkanes of at least 4 members (excludes halogenated alkanes) is 1. The molecule has 0 saturated carbocycles. The molecule has 0 bridgehead atoms. The van der Waals surface area contributed by atoms with Gasteiger partial charge in [0.2, 0.25) is 5.91 Å². The van der Waals surface area contributed by atoms with E-state index in [1.807, 2.05) is 24.3 Å². The number of hydrogen-bond acceptors (Lipinski definition) is 3. The van der Waals surface area contributed by atoms with Crippen LogP contribution in [-0.2, 0) is 10.2 Å². The number of allylic oxidation sites excluding steroid dienone is 1. The van der Waals surface area contributed by atoms with E-state index in [0.29, 0.717) is 12.2 Å². The third kappa shape index (κ3) is 5.23. The minimum atomic E-state index is -0.0999. The Morgan fingerprint density at radius 3 is 2.52 bits per heavy atom. The molecular formula is C17H27N3O. The second-order valence-corrected chi connectivity index (χ2v) is 6.29. The molecule has 0 atom stereocenters. The Balaban J connectivity index is 3.21. The molecule has 1 aromatic rings. The van der Waals surface area contributed by atoms with Crippen molar-refractivity contribution >= 4 is 23.4 Å². The molecule has 0 heterocycles. The molecule has 1 rings (SSSR count). The van der Waals surface area contributed by atoms with Gasteiger partial charge in [-0.25, -0.2) is 0 Å². The molecule has 4 heteroatoms. The van der Waals surface area contributed by atoms with Crippen molar-refractivity contribution in [2.24, 2.45) is 5.73 Å². The SMILES string of the molecule is CC(=O)Nc1cc(C(C)(C)C)cc(N)c1/C=C/CCCN. The number of rotatable bonds is 5. The molecule has 4 nitrogen and oxygen atoms in total. The van der Waals surface area contributed by atoms with Gasteiger partial charge in [0.25, 0.3) is 0 Å². The lowest BCUT2D eigenvalue weighted by Gasteiger charge is -2.22. The van der Waals surface area contributed by atoms with Crippen LogP contribution in [0.5, 0.6) is 0 Å². The van der Waals surface area contributed by atoms with Crippen molar-refractivity contribution in [3.05, 3.63) is 29.3 Å². The Labute approximate surface area is 127 Å². The fourth-order valence-electron chi connectivity index (χ4n) is 2.02. The summed E-state index contributed by atoms with van der Waals surface area (Å²) in [7, 11) is 0. The minimum Gasteiger partial charge on any atom is -0.398 e. The van der Waals surface area contributed by atoms with Crippen LogP contribution in [0.4, 0.5) is 11.4 Å². The van der Waals surface area contributed by atoms with Gasteiger partial charge in [-0.15, -0.1) is 0 Å². The summed E-state index contributed by atoms with van der Waals surface area (Å²) in [4.78, 5) is 11.4. The number of carbonyl (C=O) groups excluding carboxylic acids is 1. The van der Waals surface area contributed by atoms with Gasteiger partial charge in [-0.1, -0.05) is 32.9 Å². The van der Waals surface area contributed by atoms with E-state index >= 15 is 0 Å². The van der Waals surface area contributed by atoms with E-state index in [4.69, 9.17) is 11.5 Å². The maximum atomic E-state index is 11.4. The molecule has 1 amide bonds. The Kier molecular flexibility index (Phi) is 5.97. The Bertz CT molecular complexity index is 528. The van der Waals surface area contributed by atoms with Crippen LogP contribution in [0.15, 0.2) is 18.2 Å². The third-order valence-corrected chi connectivity index (χ3v) is 3.25. The molecule has 0 fully saturated rings. The van der Waals surface area contributed by atoms with Crippen molar-refractivity contribution in [1.29, 1.82) is 0 Å². The number of hydrogen-bond donors (Lipinski definition) is 3. The first-order chi connectivity index (χ1) is 9.75. The summed E-state index contributed by atoms with van der Waals surface area (Å²) in [5, 5.41) is 2.87. The lowest BCUT2D eigenvalue weighted by Crippen LogP contribution is -2.15. The molecule has 5 N–H and O–H groups in total. The average molecular weight is 289 g/mol. The normalized spacial score (nSPS) is 11.9. The first-order valence-corrected chi connectivity index (χ1v) is 7.34. The largest absolute Gasteiger partial charge is 0.398 e. The summed E-state index contributed by atoms with van der Waals surface area (Å²) in [6.07, 6.45) is 5.84. The fourth-order valence-corrected chi connectivity index (χ4v) is 2.02. The third-order valence-electron chi connectivity index (χ3n) is 3.25. The van der Waals surface area contributed by atoms with E-state index in [9.17, 15) is 4.79 Å². The van der Waals surface area contributed by atoms with Gasteiger partial charge in [-0.3, -0.25) is 4.79 Å². The van der Waals surface area contributed by atoms with Gasteiger partial charge < -0.3 is 16.8 Å². The van der Waals surface area contributed by atoms with Crippen molar-refractivity contribution in [2.75, 3.05) is 17.6 Å². The number of nitrogens with one attached hydrogen (secondary N) is 1. The fraction of sp³-hybridized carbons (Fsp3) is 0.471. The topological polar surface area (TPSA) is 81.1 Å². The highest BCUT2D eigenvalue weighted by atomic mass is 16.1. The summed E-state index contributed by atoms with van der Waals surface area (Å²) in [6.45, 7) is 8.53. The highest BCUT2D eigenvalue weighted by molar-refractivity contribution is 5.93. The molecule has 0 aromatic heterocycles. The van der Waals surface area contributed by atoms with Gasteiger partial charge in [0.05, 0.1) is 5.69 Å². The van der Waals surface area contributed by atoms with Crippen molar-refractivity contribution in [1.82, 2.24) is 0 Å². The van der Waals surface area contributed by atoms with Gasteiger partial charge in [-0.2, -0.15) is 0 Å². The molecule has 0 spiro atoms. The van der Waals surface area contributed by atoms with Crippen LogP contribution in [0, 0.1) is 0 Å². The zero-order chi connectivity index (χ0) is 16.0. The second-order valence-electron chi connectivity index (χ2n) is 6.29. The summed E-state index contributed by atoms with van der Waals surface area (Å²) in [5.41, 5.74) is 15.0. The second kappa shape index (κ2) is 7.27. The van der Waals surface area contributed by atoms with E-state index in [1.165, 1.54) is 6.92 Å². The number of nitrogens with two attached hydrogens (primary N) is 2.